The van der Waals surface area contributed by atoms with Gasteiger partial charge in [0.2, 0.25) is 5.91 Å². The predicted octanol–water partition coefficient (Wildman–Crippen LogP) is 2.41. The number of anilines is 1. The minimum atomic E-state index is 0.0125. The van der Waals surface area contributed by atoms with Crippen LogP contribution in [0.4, 0.5) is 5.69 Å². The second kappa shape index (κ2) is 6.34. The fourth-order valence-electron chi connectivity index (χ4n) is 3.27. The van der Waals surface area contributed by atoms with E-state index in [4.69, 9.17) is 11.6 Å². The van der Waals surface area contributed by atoms with Crippen molar-refractivity contribution < 1.29 is 4.79 Å². The van der Waals surface area contributed by atoms with Crippen molar-refractivity contribution in [2.75, 3.05) is 25.0 Å². The van der Waals surface area contributed by atoms with Gasteiger partial charge in [-0.05, 0) is 43.9 Å². The average Bonchev–Trinajstić information content (AvgIpc) is 2.76. The molecule has 1 amide bonds. The molecule has 0 aromatic heterocycles. The lowest BCUT2D eigenvalue weighted by molar-refractivity contribution is -0.117. The maximum absolute atomic E-state index is 12.2. The maximum Gasteiger partial charge on any atom is 0.238 e. The van der Waals surface area contributed by atoms with Crippen LogP contribution in [-0.4, -0.2) is 42.5 Å². The summed E-state index contributed by atoms with van der Waals surface area (Å²) in [5.74, 6) is 0.0125. The lowest BCUT2D eigenvalue weighted by Gasteiger charge is -2.23. The zero-order valence-electron chi connectivity index (χ0n) is 12.4. The van der Waals surface area contributed by atoms with Crippen LogP contribution in [0.2, 0.25) is 5.02 Å². The number of fused-ring (bicyclic) bond motifs is 2. The van der Waals surface area contributed by atoms with Crippen LogP contribution in [0.3, 0.4) is 0 Å². The number of hydrogen-bond donors (Lipinski definition) is 2. The van der Waals surface area contributed by atoms with Crippen LogP contribution in [0.25, 0.3) is 0 Å². The minimum absolute atomic E-state index is 0.0125. The smallest absolute Gasteiger partial charge is 0.238 e. The molecule has 0 spiro atoms. The van der Waals surface area contributed by atoms with Crippen molar-refractivity contribution in [3.8, 4) is 0 Å². The van der Waals surface area contributed by atoms with Crippen molar-refractivity contribution in [1.29, 1.82) is 0 Å². The number of halogens is 1. The number of carbonyl (C=O) groups excluding carboxylic acids is 1. The molecule has 0 saturated carbocycles. The van der Waals surface area contributed by atoms with Crippen LogP contribution < -0.4 is 10.6 Å². The van der Waals surface area contributed by atoms with E-state index in [0.29, 0.717) is 29.3 Å². The number of rotatable bonds is 3. The van der Waals surface area contributed by atoms with Crippen molar-refractivity contribution in [2.24, 2.45) is 0 Å². The van der Waals surface area contributed by atoms with E-state index in [2.05, 4.69) is 15.5 Å². The molecule has 2 saturated heterocycles. The van der Waals surface area contributed by atoms with Crippen LogP contribution >= 0.6 is 11.6 Å². The molecule has 2 aliphatic rings. The normalized spacial score (nSPS) is 25.6. The molecule has 21 heavy (non-hydrogen) atoms. The molecule has 2 bridgehead atoms. The Balaban J connectivity index is 1.56. The lowest BCUT2D eigenvalue weighted by Crippen LogP contribution is -2.39. The Morgan fingerprint density at radius 3 is 3.00 bits per heavy atom. The topological polar surface area (TPSA) is 44.4 Å². The van der Waals surface area contributed by atoms with Crippen molar-refractivity contribution in [3.63, 3.8) is 0 Å². The summed E-state index contributed by atoms with van der Waals surface area (Å²) < 4.78 is 0. The molecule has 2 N–H and O–H groups in total. The quantitative estimate of drug-likeness (QED) is 0.901. The summed E-state index contributed by atoms with van der Waals surface area (Å²) in [5, 5.41) is 7.14. The molecule has 1 aromatic carbocycles. The van der Waals surface area contributed by atoms with Gasteiger partial charge in [-0.3, -0.25) is 9.69 Å². The zero-order chi connectivity index (χ0) is 14.8. The van der Waals surface area contributed by atoms with Gasteiger partial charge in [0, 0.05) is 25.2 Å². The number of nitrogens with one attached hydrogen (secondary N) is 2. The van der Waals surface area contributed by atoms with Crippen LogP contribution in [0.5, 0.6) is 0 Å². The molecule has 2 heterocycles. The Morgan fingerprint density at radius 1 is 1.38 bits per heavy atom. The van der Waals surface area contributed by atoms with E-state index in [0.717, 1.165) is 25.1 Å². The van der Waals surface area contributed by atoms with Crippen LogP contribution in [-0.2, 0) is 4.79 Å². The van der Waals surface area contributed by atoms with Gasteiger partial charge in [0.15, 0.2) is 0 Å². The fraction of sp³-hybridized carbons (Fsp3) is 0.562. The second-order valence-corrected chi connectivity index (χ2v) is 6.60. The molecule has 2 aliphatic heterocycles. The third-order valence-corrected chi connectivity index (χ3v) is 4.69. The fourth-order valence-corrected chi connectivity index (χ4v) is 3.56. The van der Waals surface area contributed by atoms with E-state index >= 15 is 0 Å². The largest absolute Gasteiger partial charge is 0.324 e. The molecule has 2 atom stereocenters. The molecule has 2 unspecified atom stereocenters. The van der Waals surface area contributed by atoms with Crippen molar-refractivity contribution in [2.45, 2.75) is 38.3 Å². The first-order chi connectivity index (χ1) is 10.1. The van der Waals surface area contributed by atoms with E-state index in [1.165, 1.54) is 12.8 Å². The summed E-state index contributed by atoms with van der Waals surface area (Å²) in [6, 6.07) is 6.88. The van der Waals surface area contributed by atoms with Crippen molar-refractivity contribution >= 4 is 23.2 Å². The highest BCUT2D eigenvalue weighted by Gasteiger charge is 2.29. The summed E-state index contributed by atoms with van der Waals surface area (Å²) in [7, 11) is 0. The van der Waals surface area contributed by atoms with E-state index in [1.807, 2.05) is 25.1 Å². The van der Waals surface area contributed by atoms with Crippen LogP contribution in [0, 0.1) is 6.92 Å². The Morgan fingerprint density at radius 2 is 2.19 bits per heavy atom. The molecule has 114 valence electrons. The van der Waals surface area contributed by atoms with Gasteiger partial charge in [0.1, 0.15) is 0 Å². The predicted molar refractivity (Wildman–Crippen MR) is 85.8 cm³/mol. The molecule has 2 fully saturated rings. The lowest BCUT2D eigenvalue weighted by atomic mass is 10.1. The molecule has 1 aromatic rings. The van der Waals surface area contributed by atoms with E-state index < -0.39 is 0 Å². The molecule has 0 aliphatic carbocycles. The van der Waals surface area contributed by atoms with Gasteiger partial charge in [0.05, 0.1) is 17.3 Å². The SMILES string of the molecule is Cc1ccc(NC(=O)CN2CCC3CCC(C2)N3)c(Cl)c1. The van der Waals surface area contributed by atoms with Crippen LogP contribution in [0.15, 0.2) is 18.2 Å². The number of likely N-dealkylation sites (tertiary alicyclic amines) is 1. The maximum atomic E-state index is 12.2. The van der Waals surface area contributed by atoms with Gasteiger partial charge in [-0.1, -0.05) is 17.7 Å². The average molecular weight is 308 g/mol. The monoisotopic (exact) mass is 307 g/mol. The zero-order valence-corrected chi connectivity index (χ0v) is 13.1. The molecule has 5 heteroatoms. The summed E-state index contributed by atoms with van der Waals surface area (Å²) in [5.41, 5.74) is 1.79. The third-order valence-electron chi connectivity index (χ3n) is 4.37. The second-order valence-electron chi connectivity index (χ2n) is 6.19. The number of amides is 1. The number of carbonyl (C=O) groups is 1. The Labute approximate surface area is 130 Å². The molecule has 4 nitrogen and oxygen atoms in total. The van der Waals surface area contributed by atoms with Gasteiger partial charge in [0.25, 0.3) is 0 Å². The van der Waals surface area contributed by atoms with Crippen molar-refractivity contribution in [3.05, 3.63) is 28.8 Å². The van der Waals surface area contributed by atoms with Gasteiger partial charge in [-0.2, -0.15) is 0 Å². The number of aryl methyl sites for hydroxylation is 1. The Bertz CT molecular complexity index is 534. The van der Waals surface area contributed by atoms with Crippen molar-refractivity contribution in [1.82, 2.24) is 10.2 Å². The number of hydrogen-bond acceptors (Lipinski definition) is 3. The summed E-state index contributed by atoms with van der Waals surface area (Å²) in [6.45, 7) is 4.38. The molecule has 0 radical (unpaired) electrons. The highest BCUT2D eigenvalue weighted by Crippen LogP contribution is 2.23. The minimum Gasteiger partial charge on any atom is -0.324 e. The first kappa shape index (κ1) is 14.8. The van der Waals surface area contributed by atoms with E-state index in [1.54, 1.807) is 0 Å². The highest BCUT2D eigenvalue weighted by molar-refractivity contribution is 6.33. The number of benzene rings is 1. The van der Waals surface area contributed by atoms with E-state index in [-0.39, 0.29) is 5.91 Å². The third kappa shape index (κ3) is 3.76. The van der Waals surface area contributed by atoms with Gasteiger partial charge in [-0.25, -0.2) is 0 Å². The standard InChI is InChI=1S/C16H22ClN3O/c1-11-2-5-15(14(17)8-11)19-16(21)10-20-7-6-12-3-4-13(9-20)18-12/h2,5,8,12-13,18H,3-4,6-7,9-10H2,1H3,(H,19,21). The van der Waals surface area contributed by atoms with Gasteiger partial charge in [-0.15, -0.1) is 0 Å². The number of nitrogens with zero attached hydrogens (tertiary/aromatic N) is 1. The Kier molecular flexibility index (Phi) is 4.48. The Hall–Kier alpha value is -1.10. The summed E-state index contributed by atoms with van der Waals surface area (Å²) in [4.78, 5) is 14.4. The molecular formula is C16H22ClN3O. The summed E-state index contributed by atoms with van der Waals surface area (Å²) >= 11 is 6.16. The van der Waals surface area contributed by atoms with Crippen LogP contribution in [0.1, 0.15) is 24.8 Å². The first-order valence-corrected chi connectivity index (χ1v) is 8.02. The first-order valence-electron chi connectivity index (χ1n) is 7.64. The van der Waals surface area contributed by atoms with Gasteiger partial charge >= 0.3 is 0 Å². The van der Waals surface area contributed by atoms with Gasteiger partial charge < -0.3 is 10.6 Å². The highest BCUT2D eigenvalue weighted by atomic mass is 35.5. The molecule has 3 rings (SSSR count). The summed E-state index contributed by atoms with van der Waals surface area (Å²) in [6.07, 6.45) is 3.64. The molecular weight excluding hydrogens is 286 g/mol. The van der Waals surface area contributed by atoms with E-state index in [9.17, 15) is 4.79 Å².